The zero-order valence-electron chi connectivity index (χ0n) is 10.2. The van der Waals surface area contributed by atoms with E-state index in [0.717, 1.165) is 8.04 Å². The van der Waals surface area contributed by atoms with E-state index in [1.54, 1.807) is 42.5 Å². The van der Waals surface area contributed by atoms with Gasteiger partial charge >= 0.3 is 0 Å². The Morgan fingerprint density at radius 2 is 1.75 bits per heavy atom. The van der Waals surface area contributed by atoms with Gasteiger partial charge in [0.1, 0.15) is 0 Å². The van der Waals surface area contributed by atoms with Crippen LogP contribution < -0.4 is 11.1 Å². The molecule has 2 rings (SSSR count). The number of benzene rings is 2. The molecule has 2 aromatic carbocycles. The molecule has 20 heavy (non-hydrogen) atoms. The number of nitrogens with one attached hydrogen (secondary N) is 1. The fourth-order valence-electron chi connectivity index (χ4n) is 1.63. The highest BCUT2D eigenvalue weighted by atomic mass is 127. The van der Waals surface area contributed by atoms with Crippen molar-refractivity contribution in [2.75, 3.05) is 5.32 Å². The van der Waals surface area contributed by atoms with E-state index in [4.69, 9.17) is 5.73 Å². The first-order valence-corrected chi connectivity index (χ1v) is 7.51. The first-order valence-electron chi connectivity index (χ1n) is 5.63. The molecule has 2 aromatic rings. The summed E-state index contributed by atoms with van der Waals surface area (Å²) in [6.07, 6.45) is 0. The molecule has 0 radical (unpaired) electrons. The molecule has 3 N–H and O–H groups in total. The summed E-state index contributed by atoms with van der Waals surface area (Å²) in [5.74, 6) is -0.866. The number of carbonyl (C=O) groups is 2. The van der Waals surface area contributed by atoms with Crippen molar-refractivity contribution in [3.8, 4) is 0 Å². The molecule has 0 atom stereocenters. The van der Waals surface area contributed by atoms with Crippen LogP contribution in [0.5, 0.6) is 0 Å². The van der Waals surface area contributed by atoms with Crippen molar-refractivity contribution in [3.63, 3.8) is 0 Å². The lowest BCUT2D eigenvalue weighted by molar-refractivity contribution is 0.100. The number of rotatable bonds is 3. The number of carbonyl (C=O) groups excluding carboxylic acids is 2. The third-order valence-electron chi connectivity index (χ3n) is 2.60. The van der Waals surface area contributed by atoms with Gasteiger partial charge in [-0.15, -0.1) is 0 Å². The van der Waals surface area contributed by atoms with Crippen LogP contribution in [0.2, 0.25) is 0 Å². The predicted octanol–water partition coefficient (Wildman–Crippen LogP) is 3.40. The monoisotopic (exact) mass is 444 g/mol. The van der Waals surface area contributed by atoms with E-state index in [9.17, 15) is 9.59 Å². The summed E-state index contributed by atoms with van der Waals surface area (Å²) in [6.45, 7) is 0. The van der Waals surface area contributed by atoms with Crippen LogP contribution in [-0.4, -0.2) is 11.8 Å². The van der Waals surface area contributed by atoms with Crippen LogP contribution in [0.15, 0.2) is 46.9 Å². The molecule has 0 fully saturated rings. The zero-order chi connectivity index (χ0) is 14.7. The Labute approximate surface area is 138 Å². The Kier molecular flexibility index (Phi) is 4.77. The Bertz CT molecular complexity index is 671. The second-order valence-corrected chi connectivity index (χ2v) is 6.18. The van der Waals surface area contributed by atoms with Gasteiger partial charge in [0.15, 0.2) is 0 Å². The molecule has 0 unspecified atom stereocenters. The van der Waals surface area contributed by atoms with Crippen LogP contribution in [0.3, 0.4) is 0 Å². The van der Waals surface area contributed by atoms with Gasteiger partial charge in [-0.3, -0.25) is 9.59 Å². The second kappa shape index (κ2) is 6.36. The number of anilines is 1. The van der Waals surface area contributed by atoms with Crippen molar-refractivity contribution >= 4 is 56.0 Å². The third-order valence-corrected chi connectivity index (χ3v) is 3.80. The van der Waals surface area contributed by atoms with Gasteiger partial charge in [-0.05, 0) is 65.1 Å². The smallest absolute Gasteiger partial charge is 0.255 e. The highest BCUT2D eigenvalue weighted by molar-refractivity contribution is 14.1. The van der Waals surface area contributed by atoms with Crippen molar-refractivity contribution in [2.45, 2.75) is 0 Å². The Morgan fingerprint density at radius 1 is 1.10 bits per heavy atom. The van der Waals surface area contributed by atoms with E-state index >= 15 is 0 Å². The summed E-state index contributed by atoms with van der Waals surface area (Å²) in [5, 5.41) is 2.71. The second-order valence-electron chi connectivity index (χ2n) is 4.02. The van der Waals surface area contributed by atoms with Gasteiger partial charge in [-0.1, -0.05) is 15.9 Å². The fraction of sp³-hybridized carbons (Fsp3) is 0. The molecular weight excluding hydrogens is 435 g/mol. The molecule has 0 heterocycles. The minimum absolute atomic E-state index is 0.288. The van der Waals surface area contributed by atoms with E-state index in [2.05, 4.69) is 43.8 Å². The summed E-state index contributed by atoms with van der Waals surface area (Å²) in [7, 11) is 0. The van der Waals surface area contributed by atoms with Gasteiger partial charge in [0.2, 0.25) is 0 Å². The van der Waals surface area contributed by atoms with E-state index in [1.807, 2.05) is 0 Å². The molecule has 102 valence electrons. The molecule has 0 spiro atoms. The molecule has 0 saturated carbocycles. The minimum Gasteiger partial charge on any atom is -0.366 e. The lowest BCUT2D eigenvalue weighted by Crippen LogP contribution is -2.18. The number of primary amides is 1. The quantitative estimate of drug-likeness (QED) is 0.712. The van der Waals surface area contributed by atoms with Crippen LogP contribution >= 0.6 is 38.5 Å². The molecular formula is C14H10BrIN2O2. The summed E-state index contributed by atoms with van der Waals surface area (Å²) >= 11 is 5.41. The number of halogens is 2. The number of amides is 2. The van der Waals surface area contributed by atoms with E-state index < -0.39 is 5.91 Å². The molecule has 0 aliphatic heterocycles. The maximum absolute atomic E-state index is 12.1. The number of nitrogens with two attached hydrogens (primary N) is 1. The van der Waals surface area contributed by atoms with Gasteiger partial charge < -0.3 is 11.1 Å². The van der Waals surface area contributed by atoms with Crippen molar-refractivity contribution in [1.82, 2.24) is 0 Å². The van der Waals surface area contributed by atoms with Gasteiger partial charge in [0.05, 0.1) is 11.3 Å². The van der Waals surface area contributed by atoms with Gasteiger partial charge in [-0.2, -0.15) is 0 Å². The van der Waals surface area contributed by atoms with Gasteiger partial charge in [0, 0.05) is 13.6 Å². The average molecular weight is 445 g/mol. The van der Waals surface area contributed by atoms with Crippen LogP contribution in [0.1, 0.15) is 20.7 Å². The highest BCUT2D eigenvalue weighted by Crippen LogP contribution is 2.20. The molecule has 0 aliphatic carbocycles. The summed E-state index contributed by atoms with van der Waals surface area (Å²) < 4.78 is 1.79. The molecule has 0 bridgehead atoms. The lowest BCUT2D eigenvalue weighted by atomic mass is 10.1. The first kappa shape index (κ1) is 15.0. The number of hydrogen-bond donors (Lipinski definition) is 2. The zero-order valence-corrected chi connectivity index (χ0v) is 13.9. The summed E-state index contributed by atoms with van der Waals surface area (Å²) in [6, 6.07) is 12.0. The largest absolute Gasteiger partial charge is 0.366 e. The Balaban J connectivity index is 2.29. The minimum atomic E-state index is -0.576. The molecule has 4 nitrogen and oxygen atoms in total. The molecule has 2 amide bonds. The Morgan fingerprint density at radius 3 is 2.35 bits per heavy atom. The normalized spacial score (nSPS) is 10.1. The van der Waals surface area contributed by atoms with Crippen molar-refractivity contribution in [1.29, 1.82) is 0 Å². The summed E-state index contributed by atoms with van der Waals surface area (Å²) in [4.78, 5) is 23.5. The van der Waals surface area contributed by atoms with Crippen LogP contribution in [0.4, 0.5) is 5.69 Å². The molecule has 0 saturated heterocycles. The molecule has 0 aliphatic rings. The van der Waals surface area contributed by atoms with Crippen molar-refractivity contribution < 1.29 is 9.59 Å². The highest BCUT2D eigenvalue weighted by Gasteiger charge is 2.12. The standard InChI is InChI=1S/C14H10BrIN2O2/c15-9-3-1-8(2-4-9)14(20)18-12-7-10(16)5-6-11(12)13(17)19/h1-7H,(H2,17,19)(H,18,20). The SMILES string of the molecule is NC(=O)c1ccc(I)cc1NC(=O)c1ccc(Br)cc1. The fourth-order valence-corrected chi connectivity index (χ4v) is 2.39. The van der Waals surface area contributed by atoms with Crippen LogP contribution in [0.25, 0.3) is 0 Å². The van der Waals surface area contributed by atoms with Crippen LogP contribution in [-0.2, 0) is 0 Å². The van der Waals surface area contributed by atoms with E-state index in [1.165, 1.54) is 0 Å². The van der Waals surface area contributed by atoms with Crippen molar-refractivity contribution in [2.24, 2.45) is 5.73 Å². The van der Waals surface area contributed by atoms with E-state index in [-0.39, 0.29) is 11.5 Å². The topological polar surface area (TPSA) is 72.2 Å². The summed E-state index contributed by atoms with van der Waals surface area (Å²) in [5.41, 5.74) is 6.50. The Hall–Kier alpha value is -1.41. The first-order chi connectivity index (χ1) is 9.47. The van der Waals surface area contributed by atoms with Gasteiger partial charge in [-0.25, -0.2) is 0 Å². The maximum atomic E-state index is 12.1. The van der Waals surface area contributed by atoms with E-state index in [0.29, 0.717) is 11.3 Å². The third kappa shape index (κ3) is 3.57. The predicted molar refractivity (Wildman–Crippen MR) is 89.8 cm³/mol. The average Bonchev–Trinajstić information content (AvgIpc) is 2.39. The van der Waals surface area contributed by atoms with Gasteiger partial charge in [0.25, 0.3) is 11.8 Å². The number of hydrogen-bond acceptors (Lipinski definition) is 2. The lowest BCUT2D eigenvalue weighted by Gasteiger charge is -2.09. The molecule has 6 heteroatoms. The maximum Gasteiger partial charge on any atom is 0.255 e. The molecule has 0 aromatic heterocycles. The van der Waals surface area contributed by atoms with Crippen LogP contribution in [0, 0.1) is 3.57 Å². The van der Waals surface area contributed by atoms with Crippen molar-refractivity contribution in [3.05, 3.63) is 61.6 Å².